The van der Waals surface area contributed by atoms with E-state index in [1.807, 2.05) is 0 Å². The van der Waals surface area contributed by atoms with E-state index < -0.39 is 5.97 Å². The molecule has 21 heavy (non-hydrogen) atoms. The molecule has 1 N–H and O–H groups in total. The molecule has 0 radical (unpaired) electrons. The fourth-order valence-electron chi connectivity index (χ4n) is 2.34. The Morgan fingerprint density at radius 3 is 1.90 bits per heavy atom. The molecule has 0 aliphatic carbocycles. The van der Waals surface area contributed by atoms with Crippen LogP contribution in [-0.2, 0) is 4.79 Å². The van der Waals surface area contributed by atoms with E-state index in [-0.39, 0.29) is 4.83 Å². The second kappa shape index (κ2) is 16.1. The molecule has 1 unspecified atom stereocenters. The van der Waals surface area contributed by atoms with Gasteiger partial charge in [0.1, 0.15) is 4.83 Å². The molecule has 0 aromatic rings. The number of allylic oxidation sites excluding steroid dienone is 2. The van der Waals surface area contributed by atoms with Crippen molar-refractivity contribution in [3.8, 4) is 0 Å². The SMILES string of the molecule is CCCCCCCC/C=C\CCCCCCC(Br)C(=O)O. The lowest BCUT2D eigenvalue weighted by Gasteiger charge is -2.03. The largest absolute Gasteiger partial charge is 0.480 e. The minimum Gasteiger partial charge on any atom is -0.480 e. The Bertz CT molecular complexity index is 264. The van der Waals surface area contributed by atoms with Crippen LogP contribution < -0.4 is 0 Å². The highest BCUT2D eigenvalue weighted by molar-refractivity contribution is 9.10. The van der Waals surface area contributed by atoms with Crippen LogP contribution in [0.2, 0.25) is 0 Å². The van der Waals surface area contributed by atoms with Gasteiger partial charge in [-0.25, -0.2) is 0 Å². The van der Waals surface area contributed by atoms with Crippen LogP contribution in [0.5, 0.6) is 0 Å². The molecule has 0 saturated carbocycles. The van der Waals surface area contributed by atoms with Gasteiger partial charge < -0.3 is 5.11 Å². The highest BCUT2D eigenvalue weighted by Gasteiger charge is 2.11. The molecule has 2 nitrogen and oxygen atoms in total. The normalized spacial score (nSPS) is 12.9. The Kier molecular flexibility index (Phi) is 15.8. The highest BCUT2D eigenvalue weighted by atomic mass is 79.9. The van der Waals surface area contributed by atoms with Gasteiger partial charge in [-0.1, -0.05) is 86.4 Å². The van der Waals surface area contributed by atoms with Gasteiger partial charge in [0, 0.05) is 0 Å². The molecule has 0 saturated heterocycles. The van der Waals surface area contributed by atoms with Crippen molar-refractivity contribution in [2.24, 2.45) is 0 Å². The van der Waals surface area contributed by atoms with Crippen molar-refractivity contribution < 1.29 is 9.90 Å². The summed E-state index contributed by atoms with van der Waals surface area (Å²) in [6.45, 7) is 2.26. The van der Waals surface area contributed by atoms with Crippen LogP contribution in [0, 0.1) is 0 Å². The van der Waals surface area contributed by atoms with E-state index in [1.54, 1.807) is 0 Å². The van der Waals surface area contributed by atoms with E-state index in [0.717, 1.165) is 19.3 Å². The number of rotatable bonds is 15. The predicted molar refractivity (Wildman–Crippen MR) is 95.2 cm³/mol. The lowest BCUT2D eigenvalue weighted by molar-refractivity contribution is -0.136. The smallest absolute Gasteiger partial charge is 0.317 e. The first-order valence-electron chi connectivity index (χ1n) is 8.70. The Hall–Kier alpha value is -0.310. The molecule has 0 aliphatic rings. The zero-order chi connectivity index (χ0) is 15.8. The molecule has 0 heterocycles. The molecule has 0 bridgehead atoms. The van der Waals surface area contributed by atoms with Crippen molar-refractivity contribution in [2.75, 3.05) is 0 Å². The number of hydrogen-bond acceptors (Lipinski definition) is 1. The zero-order valence-electron chi connectivity index (χ0n) is 13.7. The molecular weight excluding hydrogens is 328 g/mol. The zero-order valence-corrected chi connectivity index (χ0v) is 15.2. The summed E-state index contributed by atoms with van der Waals surface area (Å²) in [5.74, 6) is -0.743. The van der Waals surface area contributed by atoms with Crippen molar-refractivity contribution in [3.05, 3.63) is 12.2 Å². The first-order valence-corrected chi connectivity index (χ1v) is 9.62. The van der Waals surface area contributed by atoms with E-state index in [0.29, 0.717) is 0 Å². The van der Waals surface area contributed by atoms with Crippen molar-refractivity contribution in [2.45, 2.75) is 95.2 Å². The van der Waals surface area contributed by atoms with Crippen molar-refractivity contribution in [1.82, 2.24) is 0 Å². The summed E-state index contributed by atoms with van der Waals surface area (Å²) in [6.07, 6.45) is 20.6. The van der Waals surface area contributed by atoms with E-state index in [9.17, 15) is 4.79 Å². The second-order valence-corrected chi connectivity index (χ2v) is 6.93. The van der Waals surface area contributed by atoms with Crippen LogP contribution in [0.3, 0.4) is 0 Å². The third kappa shape index (κ3) is 15.9. The third-order valence-corrected chi connectivity index (χ3v) is 4.59. The van der Waals surface area contributed by atoms with Crippen LogP contribution in [0.1, 0.15) is 90.4 Å². The topological polar surface area (TPSA) is 37.3 Å². The molecule has 0 aromatic heterocycles. The average molecular weight is 361 g/mol. The lowest BCUT2D eigenvalue weighted by atomic mass is 10.1. The van der Waals surface area contributed by atoms with Gasteiger partial charge in [0.2, 0.25) is 0 Å². The predicted octanol–water partition coefficient (Wildman–Crippen LogP) is 6.48. The molecule has 0 spiro atoms. The maximum Gasteiger partial charge on any atom is 0.317 e. The first-order chi connectivity index (χ1) is 10.2. The molecule has 1 atom stereocenters. The first kappa shape index (κ1) is 20.7. The lowest BCUT2D eigenvalue weighted by Crippen LogP contribution is -2.11. The average Bonchev–Trinajstić information content (AvgIpc) is 2.47. The van der Waals surface area contributed by atoms with Crippen LogP contribution >= 0.6 is 15.9 Å². The third-order valence-electron chi connectivity index (χ3n) is 3.74. The van der Waals surface area contributed by atoms with Gasteiger partial charge in [0.25, 0.3) is 0 Å². The molecule has 0 rings (SSSR count). The summed E-state index contributed by atoms with van der Waals surface area (Å²) in [4.78, 5) is 10.2. The van der Waals surface area contributed by atoms with Crippen LogP contribution in [0.15, 0.2) is 12.2 Å². The van der Waals surface area contributed by atoms with Gasteiger partial charge in [0.05, 0.1) is 0 Å². The summed E-state index contributed by atoms with van der Waals surface area (Å²) >= 11 is 3.17. The number of unbranched alkanes of at least 4 members (excludes halogenated alkanes) is 10. The Morgan fingerprint density at radius 2 is 1.38 bits per heavy atom. The number of halogens is 1. The fourth-order valence-corrected chi connectivity index (χ4v) is 2.66. The summed E-state index contributed by atoms with van der Waals surface area (Å²) in [6, 6.07) is 0. The highest BCUT2D eigenvalue weighted by Crippen LogP contribution is 2.13. The Balaban J connectivity index is 3.17. The summed E-state index contributed by atoms with van der Waals surface area (Å²) in [5, 5.41) is 8.73. The van der Waals surface area contributed by atoms with Gasteiger partial charge in [-0.05, 0) is 32.1 Å². The van der Waals surface area contributed by atoms with Crippen LogP contribution in [0.4, 0.5) is 0 Å². The summed E-state index contributed by atoms with van der Waals surface area (Å²) < 4.78 is 0. The van der Waals surface area contributed by atoms with Gasteiger partial charge >= 0.3 is 5.97 Å². The number of carboxylic acid groups (broad SMARTS) is 1. The number of alkyl halides is 1. The molecule has 3 heteroatoms. The summed E-state index contributed by atoms with van der Waals surface area (Å²) in [7, 11) is 0. The number of carboxylic acids is 1. The Morgan fingerprint density at radius 1 is 0.905 bits per heavy atom. The van der Waals surface area contributed by atoms with E-state index in [1.165, 1.54) is 64.2 Å². The maximum absolute atomic E-state index is 10.6. The van der Waals surface area contributed by atoms with Gasteiger partial charge in [-0.15, -0.1) is 0 Å². The molecule has 124 valence electrons. The van der Waals surface area contributed by atoms with Crippen LogP contribution in [0.25, 0.3) is 0 Å². The van der Waals surface area contributed by atoms with Crippen molar-refractivity contribution in [3.63, 3.8) is 0 Å². The van der Waals surface area contributed by atoms with Crippen molar-refractivity contribution in [1.29, 1.82) is 0 Å². The number of aliphatic carboxylic acids is 1. The van der Waals surface area contributed by atoms with E-state index >= 15 is 0 Å². The monoisotopic (exact) mass is 360 g/mol. The van der Waals surface area contributed by atoms with Crippen molar-refractivity contribution >= 4 is 21.9 Å². The quantitative estimate of drug-likeness (QED) is 0.206. The van der Waals surface area contributed by atoms with E-state index in [4.69, 9.17) is 5.11 Å². The van der Waals surface area contributed by atoms with E-state index in [2.05, 4.69) is 35.0 Å². The summed E-state index contributed by atoms with van der Waals surface area (Å²) in [5.41, 5.74) is 0. The van der Waals surface area contributed by atoms with Gasteiger partial charge in [-0.2, -0.15) is 0 Å². The minimum atomic E-state index is -0.743. The number of carbonyl (C=O) groups is 1. The maximum atomic E-state index is 10.6. The minimum absolute atomic E-state index is 0.366. The van der Waals surface area contributed by atoms with Gasteiger partial charge in [-0.3, -0.25) is 4.79 Å². The fraction of sp³-hybridized carbons (Fsp3) is 0.833. The second-order valence-electron chi connectivity index (χ2n) is 5.83. The molecule has 0 amide bonds. The molecular formula is C18H33BrO2. The Labute approximate surface area is 139 Å². The number of hydrogen-bond donors (Lipinski definition) is 1. The molecule has 0 aromatic carbocycles. The molecule has 0 fully saturated rings. The van der Waals surface area contributed by atoms with Crippen LogP contribution in [-0.4, -0.2) is 15.9 Å². The van der Waals surface area contributed by atoms with Gasteiger partial charge in [0.15, 0.2) is 0 Å². The molecule has 0 aliphatic heterocycles. The standard InChI is InChI=1S/C18H33BrO2/c1-2-3-4-5-6-7-8-9-10-11-12-13-14-15-16-17(19)18(20)21/h9-10,17H,2-8,11-16H2,1H3,(H,20,21)/b10-9-.